The molecule has 1 heterocycles. The molecule has 116 valence electrons. The first kappa shape index (κ1) is 16.5. The molecular formula is C15H15FN2O2S2. The zero-order chi connectivity index (χ0) is 15.8. The van der Waals surface area contributed by atoms with Gasteiger partial charge in [-0.25, -0.2) is 9.18 Å². The lowest BCUT2D eigenvalue weighted by Gasteiger charge is -2.06. The molecular weight excluding hydrogens is 323 g/mol. The van der Waals surface area contributed by atoms with E-state index in [1.807, 2.05) is 17.5 Å². The van der Waals surface area contributed by atoms with E-state index in [1.165, 1.54) is 10.9 Å². The van der Waals surface area contributed by atoms with Crippen molar-refractivity contribution in [2.75, 3.05) is 12.3 Å². The predicted octanol–water partition coefficient (Wildman–Crippen LogP) is 3.05. The van der Waals surface area contributed by atoms with E-state index >= 15 is 0 Å². The van der Waals surface area contributed by atoms with Crippen molar-refractivity contribution in [1.82, 2.24) is 10.6 Å². The minimum absolute atomic E-state index is 0.0146. The summed E-state index contributed by atoms with van der Waals surface area (Å²) < 4.78 is 13.4. The average molecular weight is 338 g/mol. The number of carbonyl (C=O) groups is 2. The Morgan fingerprint density at radius 3 is 2.73 bits per heavy atom. The van der Waals surface area contributed by atoms with E-state index < -0.39 is 11.9 Å². The van der Waals surface area contributed by atoms with Gasteiger partial charge in [0.25, 0.3) is 0 Å². The van der Waals surface area contributed by atoms with Gasteiger partial charge in [0.2, 0.25) is 5.91 Å². The molecule has 0 saturated heterocycles. The Morgan fingerprint density at radius 2 is 2.00 bits per heavy atom. The first-order valence-electron chi connectivity index (χ1n) is 6.62. The molecule has 0 aliphatic rings. The molecule has 1 aromatic heterocycles. The van der Waals surface area contributed by atoms with Crippen LogP contribution in [-0.2, 0) is 11.2 Å². The normalized spacial score (nSPS) is 10.2. The predicted molar refractivity (Wildman–Crippen MR) is 86.7 cm³/mol. The first-order valence-corrected chi connectivity index (χ1v) is 8.49. The molecule has 1 aromatic carbocycles. The van der Waals surface area contributed by atoms with E-state index in [-0.39, 0.29) is 11.6 Å². The summed E-state index contributed by atoms with van der Waals surface area (Å²) in [5, 5.41) is 6.81. The standard InChI is InChI=1S/C15H15FN2O2S2/c16-12-5-1-2-6-13(12)22-10-14(19)18-15(20)17-8-7-11-4-3-9-21-11/h1-6,9H,7-8,10H2,(H2,17,18,19,20). The molecule has 0 radical (unpaired) electrons. The van der Waals surface area contributed by atoms with Crippen molar-refractivity contribution >= 4 is 35.0 Å². The summed E-state index contributed by atoms with van der Waals surface area (Å²) in [6, 6.07) is 9.60. The minimum Gasteiger partial charge on any atom is -0.337 e. The Hall–Kier alpha value is -1.86. The number of nitrogens with one attached hydrogen (secondary N) is 2. The quantitative estimate of drug-likeness (QED) is 0.796. The number of hydrogen-bond acceptors (Lipinski definition) is 4. The van der Waals surface area contributed by atoms with Gasteiger partial charge in [0.1, 0.15) is 5.82 Å². The fraction of sp³-hybridized carbons (Fsp3) is 0.200. The number of amides is 3. The van der Waals surface area contributed by atoms with Crippen molar-refractivity contribution < 1.29 is 14.0 Å². The van der Waals surface area contributed by atoms with E-state index in [4.69, 9.17) is 0 Å². The van der Waals surface area contributed by atoms with E-state index in [0.29, 0.717) is 11.4 Å². The van der Waals surface area contributed by atoms with Crippen LogP contribution >= 0.6 is 23.1 Å². The van der Waals surface area contributed by atoms with Crippen LogP contribution < -0.4 is 10.6 Å². The Labute approximate surface area is 136 Å². The van der Waals surface area contributed by atoms with Gasteiger partial charge in [-0.15, -0.1) is 23.1 Å². The molecule has 2 rings (SSSR count). The van der Waals surface area contributed by atoms with Gasteiger partial charge in [-0.05, 0) is 30.0 Å². The molecule has 0 aliphatic heterocycles. The number of benzene rings is 1. The molecule has 2 aromatic rings. The highest BCUT2D eigenvalue weighted by Crippen LogP contribution is 2.20. The summed E-state index contributed by atoms with van der Waals surface area (Å²) in [4.78, 5) is 24.7. The number of thioether (sulfide) groups is 1. The largest absolute Gasteiger partial charge is 0.337 e. The number of carbonyl (C=O) groups excluding carboxylic acids is 2. The van der Waals surface area contributed by atoms with E-state index in [2.05, 4.69) is 10.6 Å². The highest BCUT2D eigenvalue weighted by Gasteiger charge is 2.09. The summed E-state index contributed by atoms with van der Waals surface area (Å²) in [5.41, 5.74) is 0. The van der Waals surface area contributed by atoms with Crippen molar-refractivity contribution in [3.63, 3.8) is 0 Å². The van der Waals surface area contributed by atoms with Crippen LogP contribution in [0.5, 0.6) is 0 Å². The van der Waals surface area contributed by atoms with Crippen LogP contribution in [0.4, 0.5) is 9.18 Å². The molecule has 0 unspecified atom stereocenters. The van der Waals surface area contributed by atoms with Gasteiger partial charge in [0.15, 0.2) is 0 Å². The van der Waals surface area contributed by atoms with Crippen LogP contribution in [0.1, 0.15) is 4.88 Å². The van der Waals surface area contributed by atoms with Crippen LogP contribution in [0.25, 0.3) is 0 Å². The van der Waals surface area contributed by atoms with Gasteiger partial charge in [0, 0.05) is 16.3 Å². The van der Waals surface area contributed by atoms with E-state index in [0.717, 1.165) is 18.2 Å². The summed E-state index contributed by atoms with van der Waals surface area (Å²) in [7, 11) is 0. The molecule has 0 spiro atoms. The fourth-order valence-corrected chi connectivity index (χ4v) is 3.11. The monoisotopic (exact) mass is 338 g/mol. The van der Waals surface area contributed by atoms with Crippen molar-refractivity contribution in [3.05, 3.63) is 52.5 Å². The minimum atomic E-state index is -0.532. The molecule has 4 nitrogen and oxygen atoms in total. The van der Waals surface area contributed by atoms with Crippen LogP contribution in [0.2, 0.25) is 0 Å². The third-order valence-electron chi connectivity index (χ3n) is 2.69. The topological polar surface area (TPSA) is 58.2 Å². The highest BCUT2D eigenvalue weighted by molar-refractivity contribution is 8.00. The average Bonchev–Trinajstić information content (AvgIpc) is 2.99. The fourth-order valence-electron chi connectivity index (χ4n) is 1.67. The first-order chi connectivity index (χ1) is 10.6. The summed E-state index contributed by atoms with van der Waals surface area (Å²) in [5.74, 6) is -0.846. The second-order valence-electron chi connectivity index (χ2n) is 4.35. The molecule has 0 bridgehead atoms. The van der Waals surface area contributed by atoms with Gasteiger partial charge in [-0.2, -0.15) is 0 Å². The van der Waals surface area contributed by atoms with Crippen LogP contribution in [-0.4, -0.2) is 24.2 Å². The molecule has 0 saturated carbocycles. The van der Waals surface area contributed by atoms with Crippen molar-refractivity contribution in [3.8, 4) is 0 Å². The Kier molecular flexibility index (Phi) is 6.42. The molecule has 0 aliphatic carbocycles. The van der Waals surface area contributed by atoms with Crippen LogP contribution in [0.15, 0.2) is 46.7 Å². The van der Waals surface area contributed by atoms with Gasteiger partial charge >= 0.3 is 6.03 Å². The number of thiophene rings is 1. The zero-order valence-corrected chi connectivity index (χ0v) is 13.3. The molecule has 3 amide bonds. The number of rotatable bonds is 6. The van der Waals surface area contributed by atoms with Crippen molar-refractivity contribution in [2.24, 2.45) is 0 Å². The maximum Gasteiger partial charge on any atom is 0.321 e. The summed E-state index contributed by atoms with van der Waals surface area (Å²) >= 11 is 2.67. The number of halogens is 1. The van der Waals surface area contributed by atoms with Gasteiger partial charge in [-0.1, -0.05) is 18.2 Å². The third kappa shape index (κ3) is 5.50. The number of imide groups is 1. The molecule has 0 fully saturated rings. The van der Waals surface area contributed by atoms with Gasteiger partial charge in [-0.3, -0.25) is 10.1 Å². The maximum absolute atomic E-state index is 13.4. The Bertz CT molecular complexity index is 632. The lowest BCUT2D eigenvalue weighted by molar-refractivity contribution is -0.117. The number of urea groups is 1. The second-order valence-corrected chi connectivity index (χ2v) is 6.40. The Morgan fingerprint density at radius 1 is 1.18 bits per heavy atom. The molecule has 22 heavy (non-hydrogen) atoms. The SMILES string of the molecule is O=C(CSc1ccccc1F)NC(=O)NCCc1cccs1. The highest BCUT2D eigenvalue weighted by atomic mass is 32.2. The molecule has 7 heteroatoms. The molecule has 2 N–H and O–H groups in total. The molecule has 0 atom stereocenters. The van der Waals surface area contributed by atoms with Gasteiger partial charge in [0.05, 0.1) is 5.75 Å². The van der Waals surface area contributed by atoms with Gasteiger partial charge < -0.3 is 5.32 Å². The van der Waals surface area contributed by atoms with Crippen molar-refractivity contribution in [1.29, 1.82) is 0 Å². The third-order valence-corrected chi connectivity index (χ3v) is 4.67. The number of hydrogen-bond donors (Lipinski definition) is 2. The van der Waals surface area contributed by atoms with Crippen LogP contribution in [0.3, 0.4) is 0 Å². The zero-order valence-electron chi connectivity index (χ0n) is 11.7. The Balaban J connectivity index is 1.66. The van der Waals surface area contributed by atoms with Crippen molar-refractivity contribution in [2.45, 2.75) is 11.3 Å². The van der Waals surface area contributed by atoms with E-state index in [9.17, 15) is 14.0 Å². The summed E-state index contributed by atoms with van der Waals surface area (Å²) in [6.07, 6.45) is 0.725. The lowest BCUT2D eigenvalue weighted by Crippen LogP contribution is -2.41. The second kappa shape index (κ2) is 8.55. The van der Waals surface area contributed by atoms with Crippen LogP contribution in [0, 0.1) is 5.82 Å². The maximum atomic E-state index is 13.4. The smallest absolute Gasteiger partial charge is 0.321 e. The lowest BCUT2D eigenvalue weighted by atomic mass is 10.3. The summed E-state index contributed by atoms with van der Waals surface area (Å²) in [6.45, 7) is 0.458. The van der Waals surface area contributed by atoms with E-state index in [1.54, 1.807) is 29.5 Å².